The Morgan fingerprint density at radius 2 is 1.90 bits per heavy atom. The van der Waals surface area contributed by atoms with E-state index in [1.807, 2.05) is 43.3 Å². The van der Waals surface area contributed by atoms with Gasteiger partial charge in [-0.25, -0.2) is 8.42 Å². The number of ether oxygens (including phenoxy) is 1. The van der Waals surface area contributed by atoms with Crippen molar-refractivity contribution in [3.63, 3.8) is 0 Å². The quantitative estimate of drug-likeness (QED) is 0.410. The third-order valence-electron chi connectivity index (χ3n) is 4.42. The van der Waals surface area contributed by atoms with Gasteiger partial charge >= 0.3 is 0 Å². The highest BCUT2D eigenvalue weighted by atomic mass is 32.2. The summed E-state index contributed by atoms with van der Waals surface area (Å²) in [5.74, 6) is 0. The van der Waals surface area contributed by atoms with E-state index in [0.717, 1.165) is 17.2 Å². The van der Waals surface area contributed by atoms with Crippen molar-refractivity contribution in [2.45, 2.75) is 11.8 Å². The van der Waals surface area contributed by atoms with Crippen LogP contribution in [0.4, 0.5) is 11.4 Å². The van der Waals surface area contributed by atoms with Crippen molar-refractivity contribution in [1.29, 1.82) is 0 Å². The van der Waals surface area contributed by atoms with Crippen molar-refractivity contribution in [3.8, 4) is 0 Å². The number of sulfonamides is 1. The van der Waals surface area contributed by atoms with E-state index in [1.54, 1.807) is 0 Å². The van der Waals surface area contributed by atoms with Crippen molar-refractivity contribution in [3.05, 3.63) is 69.8 Å². The van der Waals surface area contributed by atoms with E-state index in [0.29, 0.717) is 13.2 Å². The molecule has 1 aliphatic heterocycles. The largest absolute Gasteiger partial charge is 0.379 e. The molecule has 1 N–H and O–H groups in total. The lowest BCUT2D eigenvalue weighted by atomic mass is 10.1. The third kappa shape index (κ3) is 5.29. The van der Waals surface area contributed by atoms with Crippen molar-refractivity contribution < 1.29 is 18.1 Å². The summed E-state index contributed by atoms with van der Waals surface area (Å²) in [4.78, 5) is 10.7. The molecular formula is C20H22N4O5S. The maximum Gasteiger partial charge on any atom is 0.295 e. The first kappa shape index (κ1) is 21.6. The first-order valence-corrected chi connectivity index (χ1v) is 10.7. The summed E-state index contributed by atoms with van der Waals surface area (Å²) in [6.07, 6.45) is 3.45. The summed E-state index contributed by atoms with van der Waals surface area (Å²) in [7, 11) is -3.83. The van der Waals surface area contributed by atoms with Crippen LogP contribution in [0.1, 0.15) is 12.5 Å². The lowest BCUT2D eigenvalue weighted by Crippen LogP contribution is -2.40. The van der Waals surface area contributed by atoms with Crippen LogP contribution in [-0.4, -0.2) is 50.2 Å². The van der Waals surface area contributed by atoms with Crippen LogP contribution in [0, 0.1) is 10.1 Å². The molecule has 2 aromatic rings. The van der Waals surface area contributed by atoms with Gasteiger partial charge in [-0.15, -0.1) is 0 Å². The van der Waals surface area contributed by atoms with E-state index in [9.17, 15) is 18.5 Å². The smallest absolute Gasteiger partial charge is 0.295 e. The standard InChI is InChI=1S/C20H22N4O5S/c1-16(13-17-5-3-2-4-6-17)15-21-22-19-8-7-18(14-20(19)24(25)26)30(27,28)23-9-11-29-12-10-23/h2-8,13-15,22H,9-12H2,1H3/b16-13-,21-15+. The van der Waals surface area contributed by atoms with Crippen LogP contribution < -0.4 is 5.43 Å². The Morgan fingerprint density at radius 3 is 2.57 bits per heavy atom. The van der Waals surface area contributed by atoms with Gasteiger partial charge in [-0.2, -0.15) is 9.41 Å². The molecular weight excluding hydrogens is 408 g/mol. The first-order valence-electron chi connectivity index (χ1n) is 9.27. The van der Waals surface area contributed by atoms with Crippen molar-refractivity contribution in [2.24, 2.45) is 5.10 Å². The number of allylic oxidation sites excluding steroid dienone is 1. The summed E-state index contributed by atoms with van der Waals surface area (Å²) < 4.78 is 31.9. The number of nitrogens with one attached hydrogen (secondary N) is 1. The van der Waals surface area contributed by atoms with Crippen molar-refractivity contribution in [2.75, 3.05) is 31.7 Å². The molecule has 1 aliphatic rings. The van der Waals surface area contributed by atoms with Gasteiger partial charge in [0.25, 0.3) is 5.69 Å². The van der Waals surface area contributed by atoms with Crippen LogP contribution in [0.5, 0.6) is 0 Å². The zero-order chi connectivity index (χ0) is 21.6. The number of hydrogen-bond acceptors (Lipinski definition) is 7. The molecule has 0 atom stereocenters. The maximum absolute atomic E-state index is 12.7. The van der Waals surface area contributed by atoms with Gasteiger partial charge in [0, 0.05) is 19.2 Å². The van der Waals surface area contributed by atoms with E-state index < -0.39 is 14.9 Å². The van der Waals surface area contributed by atoms with Gasteiger partial charge in [-0.1, -0.05) is 36.4 Å². The molecule has 1 heterocycles. The molecule has 0 amide bonds. The third-order valence-corrected chi connectivity index (χ3v) is 6.32. The molecule has 0 spiro atoms. The maximum atomic E-state index is 12.7. The molecule has 2 aromatic carbocycles. The molecule has 0 unspecified atom stereocenters. The minimum atomic E-state index is -3.83. The van der Waals surface area contributed by atoms with Crippen LogP contribution >= 0.6 is 0 Å². The predicted octanol–water partition coefficient (Wildman–Crippen LogP) is 3.12. The highest BCUT2D eigenvalue weighted by Gasteiger charge is 2.28. The monoisotopic (exact) mass is 430 g/mol. The molecule has 3 rings (SSSR count). The second-order valence-corrected chi connectivity index (χ2v) is 8.56. The molecule has 0 radical (unpaired) electrons. The molecule has 0 saturated carbocycles. The summed E-state index contributed by atoms with van der Waals surface area (Å²) in [6.45, 7) is 2.88. The summed E-state index contributed by atoms with van der Waals surface area (Å²) in [5.41, 5.74) is 4.20. The van der Waals surface area contributed by atoms with Gasteiger partial charge in [0.2, 0.25) is 10.0 Å². The highest BCUT2D eigenvalue weighted by Crippen LogP contribution is 2.29. The van der Waals surface area contributed by atoms with Crippen LogP contribution in [0.2, 0.25) is 0 Å². The van der Waals surface area contributed by atoms with Crippen molar-refractivity contribution >= 4 is 33.7 Å². The van der Waals surface area contributed by atoms with Gasteiger partial charge in [0.1, 0.15) is 5.69 Å². The number of benzene rings is 2. The summed E-state index contributed by atoms with van der Waals surface area (Å²) in [5, 5.41) is 15.5. The minimum absolute atomic E-state index is 0.102. The Bertz CT molecular complexity index is 1060. The molecule has 0 aliphatic carbocycles. The van der Waals surface area contributed by atoms with E-state index in [2.05, 4.69) is 10.5 Å². The number of anilines is 1. The molecule has 9 nitrogen and oxygen atoms in total. The van der Waals surface area contributed by atoms with E-state index >= 15 is 0 Å². The molecule has 1 fully saturated rings. The van der Waals surface area contributed by atoms with Gasteiger partial charge in [-0.05, 0) is 30.2 Å². The Morgan fingerprint density at radius 1 is 1.20 bits per heavy atom. The second kappa shape index (κ2) is 9.61. The topological polar surface area (TPSA) is 114 Å². The molecule has 30 heavy (non-hydrogen) atoms. The summed E-state index contributed by atoms with van der Waals surface area (Å²) in [6, 6.07) is 13.4. The van der Waals surface area contributed by atoms with Crippen LogP contribution in [-0.2, 0) is 14.8 Å². The molecule has 0 bridgehead atoms. The fourth-order valence-electron chi connectivity index (χ4n) is 2.91. The lowest BCUT2D eigenvalue weighted by molar-refractivity contribution is -0.384. The number of morpholine rings is 1. The van der Waals surface area contributed by atoms with Crippen molar-refractivity contribution in [1.82, 2.24) is 4.31 Å². The van der Waals surface area contributed by atoms with E-state index in [-0.39, 0.29) is 29.4 Å². The van der Waals surface area contributed by atoms with Crippen LogP contribution in [0.15, 0.2) is 64.1 Å². The Labute approximate surface area is 174 Å². The Hall–Kier alpha value is -3.08. The van der Waals surface area contributed by atoms with Gasteiger partial charge < -0.3 is 4.74 Å². The second-order valence-electron chi connectivity index (χ2n) is 6.62. The fourth-order valence-corrected chi connectivity index (χ4v) is 4.34. The van der Waals surface area contributed by atoms with Crippen LogP contribution in [0.3, 0.4) is 0 Å². The number of nitrogens with zero attached hydrogens (tertiary/aromatic N) is 3. The normalized spacial score (nSPS) is 16.0. The highest BCUT2D eigenvalue weighted by molar-refractivity contribution is 7.89. The Balaban J connectivity index is 1.79. The molecule has 10 heteroatoms. The molecule has 0 aromatic heterocycles. The molecule has 1 saturated heterocycles. The van der Waals surface area contributed by atoms with E-state index in [4.69, 9.17) is 4.74 Å². The zero-order valence-electron chi connectivity index (χ0n) is 16.4. The van der Waals surface area contributed by atoms with Gasteiger partial charge in [-0.3, -0.25) is 15.5 Å². The number of hydrazone groups is 1. The minimum Gasteiger partial charge on any atom is -0.379 e. The van der Waals surface area contributed by atoms with Crippen LogP contribution in [0.25, 0.3) is 6.08 Å². The number of nitro groups is 1. The molecule has 158 valence electrons. The zero-order valence-corrected chi connectivity index (χ0v) is 17.2. The fraction of sp³-hybridized carbons (Fsp3) is 0.250. The van der Waals surface area contributed by atoms with E-state index in [1.165, 1.54) is 22.7 Å². The predicted molar refractivity (Wildman–Crippen MR) is 115 cm³/mol. The number of rotatable bonds is 7. The lowest BCUT2D eigenvalue weighted by Gasteiger charge is -2.26. The number of nitro benzene ring substituents is 1. The number of hydrogen-bond donors (Lipinski definition) is 1. The Kier molecular flexibility index (Phi) is 6.93. The summed E-state index contributed by atoms with van der Waals surface area (Å²) >= 11 is 0. The SMILES string of the molecule is CC(=C/c1ccccc1)/C=N/Nc1ccc(S(=O)(=O)N2CCOCC2)cc1[N+](=O)[O-]. The average Bonchev–Trinajstić information content (AvgIpc) is 2.75. The van der Waals surface area contributed by atoms with Gasteiger partial charge in [0.05, 0.1) is 29.2 Å². The average molecular weight is 430 g/mol. The first-order chi connectivity index (χ1) is 14.4. The van der Waals surface area contributed by atoms with Gasteiger partial charge in [0.15, 0.2) is 0 Å².